The van der Waals surface area contributed by atoms with Crippen molar-refractivity contribution >= 4 is 11.6 Å². The van der Waals surface area contributed by atoms with Gasteiger partial charge in [-0.1, -0.05) is 29.8 Å². The second-order valence-corrected chi connectivity index (χ2v) is 4.81. The molecule has 100 valence electrons. The number of aryl methyl sites for hydroxylation is 1. The first kappa shape index (κ1) is 13.9. The van der Waals surface area contributed by atoms with Crippen molar-refractivity contribution < 1.29 is 4.74 Å². The van der Waals surface area contributed by atoms with Crippen molar-refractivity contribution in [2.45, 2.75) is 13.0 Å². The molecular weight excluding hydrogens is 260 g/mol. The lowest BCUT2D eigenvalue weighted by atomic mass is 9.95. The third-order valence-corrected chi connectivity index (χ3v) is 3.41. The summed E-state index contributed by atoms with van der Waals surface area (Å²) in [6.07, 6.45) is 0. The first-order valence-corrected chi connectivity index (χ1v) is 6.39. The minimum atomic E-state index is -0.0665. The van der Waals surface area contributed by atoms with Crippen molar-refractivity contribution in [2.75, 3.05) is 7.11 Å². The van der Waals surface area contributed by atoms with Crippen LogP contribution in [0.4, 0.5) is 0 Å². The van der Waals surface area contributed by atoms with Gasteiger partial charge in [0.05, 0.1) is 13.2 Å². The van der Waals surface area contributed by atoms with Gasteiger partial charge in [-0.3, -0.25) is 5.84 Å². The van der Waals surface area contributed by atoms with Crippen LogP contribution >= 0.6 is 11.6 Å². The molecule has 0 aliphatic heterocycles. The number of hydrogen-bond donors (Lipinski definition) is 2. The molecule has 0 aliphatic rings. The van der Waals surface area contributed by atoms with E-state index in [9.17, 15) is 0 Å². The number of halogens is 1. The summed E-state index contributed by atoms with van der Waals surface area (Å²) in [5.41, 5.74) is 6.16. The maximum absolute atomic E-state index is 5.91. The van der Waals surface area contributed by atoms with Crippen LogP contribution in [0.5, 0.6) is 5.75 Å². The molecule has 0 spiro atoms. The molecule has 4 heteroatoms. The Morgan fingerprint density at radius 2 is 1.84 bits per heavy atom. The molecule has 0 saturated heterocycles. The molecule has 0 bridgehead atoms. The maximum Gasteiger partial charge on any atom is 0.119 e. The molecule has 1 unspecified atom stereocenters. The fourth-order valence-corrected chi connectivity index (χ4v) is 2.25. The lowest BCUT2D eigenvalue weighted by Crippen LogP contribution is -2.29. The van der Waals surface area contributed by atoms with Crippen LogP contribution in [0.3, 0.4) is 0 Å². The van der Waals surface area contributed by atoms with E-state index in [0.717, 1.165) is 22.4 Å². The monoisotopic (exact) mass is 276 g/mol. The second-order valence-electron chi connectivity index (χ2n) is 4.37. The van der Waals surface area contributed by atoms with Gasteiger partial charge >= 0.3 is 0 Å². The number of nitrogens with one attached hydrogen (secondary N) is 1. The number of hydrazine groups is 1. The number of rotatable bonds is 4. The summed E-state index contributed by atoms with van der Waals surface area (Å²) in [6, 6.07) is 13.5. The molecule has 0 fully saturated rings. The molecule has 19 heavy (non-hydrogen) atoms. The Bertz CT molecular complexity index is 555. The Labute approximate surface area is 118 Å². The quantitative estimate of drug-likeness (QED) is 0.666. The van der Waals surface area contributed by atoms with E-state index < -0.39 is 0 Å². The maximum atomic E-state index is 5.91. The number of hydrogen-bond acceptors (Lipinski definition) is 3. The highest BCUT2D eigenvalue weighted by Gasteiger charge is 2.14. The normalized spacial score (nSPS) is 12.2. The molecule has 3 nitrogen and oxygen atoms in total. The zero-order chi connectivity index (χ0) is 13.8. The highest BCUT2D eigenvalue weighted by molar-refractivity contribution is 6.30. The third-order valence-electron chi connectivity index (χ3n) is 3.16. The highest BCUT2D eigenvalue weighted by Crippen LogP contribution is 2.27. The van der Waals surface area contributed by atoms with E-state index in [0.29, 0.717) is 5.02 Å². The topological polar surface area (TPSA) is 47.3 Å². The first-order valence-electron chi connectivity index (χ1n) is 6.02. The number of methoxy groups -OCH3 is 1. The van der Waals surface area contributed by atoms with Gasteiger partial charge in [0.2, 0.25) is 0 Å². The van der Waals surface area contributed by atoms with Crippen molar-refractivity contribution in [2.24, 2.45) is 5.84 Å². The van der Waals surface area contributed by atoms with E-state index in [-0.39, 0.29) is 6.04 Å². The van der Waals surface area contributed by atoms with Gasteiger partial charge in [-0.2, -0.15) is 0 Å². The van der Waals surface area contributed by atoms with Crippen LogP contribution < -0.4 is 16.0 Å². The van der Waals surface area contributed by atoms with E-state index in [1.807, 2.05) is 49.4 Å². The van der Waals surface area contributed by atoms with Gasteiger partial charge in [0.25, 0.3) is 0 Å². The molecule has 3 N–H and O–H groups in total. The zero-order valence-electron chi connectivity index (χ0n) is 11.0. The Morgan fingerprint density at radius 3 is 2.37 bits per heavy atom. The summed E-state index contributed by atoms with van der Waals surface area (Å²) in [5.74, 6) is 6.54. The summed E-state index contributed by atoms with van der Waals surface area (Å²) in [4.78, 5) is 0. The molecule has 0 amide bonds. The first-order chi connectivity index (χ1) is 9.15. The summed E-state index contributed by atoms with van der Waals surface area (Å²) in [5, 5.41) is 0.714. The molecule has 2 aromatic carbocycles. The lowest BCUT2D eigenvalue weighted by Gasteiger charge is -2.19. The summed E-state index contributed by atoms with van der Waals surface area (Å²) < 4.78 is 5.22. The van der Waals surface area contributed by atoms with E-state index in [1.54, 1.807) is 7.11 Å². The van der Waals surface area contributed by atoms with Gasteiger partial charge in [-0.25, -0.2) is 5.43 Å². The van der Waals surface area contributed by atoms with E-state index in [1.165, 1.54) is 0 Å². The molecule has 0 heterocycles. The van der Waals surface area contributed by atoms with Crippen molar-refractivity contribution in [3.05, 3.63) is 64.2 Å². The molecule has 0 aromatic heterocycles. The highest BCUT2D eigenvalue weighted by atomic mass is 35.5. The molecule has 2 rings (SSSR count). The summed E-state index contributed by atoms with van der Waals surface area (Å²) >= 11 is 5.91. The lowest BCUT2D eigenvalue weighted by molar-refractivity contribution is 0.414. The molecule has 0 saturated carbocycles. The van der Waals surface area contributed by atoms with Gasteiger partial charge in [0.1, 0.15) is 5.75 Å². The number of nitrogens with two attached hydrogens (primary N) is 1. The van der Waals surface area contributed by atoms with Crippen molar-refractivity contribution in [3.63, 3.8) is 0 Å². The predicted molar refractivity (Wildman–Crippen MR) is 78.3 cm³/mol. The van der Waals surface area contributed by atoms with Crippen LogP contribution in [0.25, 0.3) is 0 Å². The molecular formula is C15H17ClN2O. The zero-order valence-corrected chi connectivity index (χ0v) is 11.7. The molecule has 2 aromatic rings. The van der Waals surface area contributed by atoms with Crippen molar-refractivity contribution in [3.8, 4) is 5.75 Å². The van der Waals surface area contributed by atoms with Crippen LogP contribution in [-0.2, 0) is 0 Å². The predicted octanol–water partition coefficient (Wildman–Crippen LogP) is 3.21. The Morgan fingerprint density at radius 1 is 1.16 bits per heavy atom. The molecule has 1 atom stereocenters. The Hall–Kier alpha value is -1.55. The average molecular weight is 277 g/mol. The fraction of sp³-hybridized carbons (Fsp3) is 0.200. The van der Waals surface area contributed by atoms with Gasteiger partial charge < -0.3 is 4.74 Å². The van der Waals surface area contributed by atoms with Crippen LogP contribution in [0, 0.1) is 6.92 Å². The molecule has 0 aliphatic carbocycles. The number of benzene rings is 2. The second kappa shape index (κ2) is 6.06. The van der Waals surface area contributed by atoms with E-state index in [2.05, 4.69) is 5.43 Å². The largest absolute Gasteiger partial charge is 0.497 e. The van der Waals surface area contributed by atoms with Crippen LogP contribution in [0.1, 0.15) is 22.7 Å². The number of ether oxygens (including phenoxy) is 1. The van der Waals surface area contributed by atoms with Gasteiger partial charge in [0, 0.05) is 5.02 Å². The van der Waals surface area contributed by atoms with Crippen molar-refractivity contribution in [1.82, 2.24) is 5.43 Å². The average Bonchev–Trinajstić information content (AvgIpc) is 2.43. The van der Waals surface area contributed by atoms with E-state index in [4.69, 9.17) is 22.2 Å². The fourth-order valence-electron chi connectivity index (χ4n) is 2.12. The van der Waals surface area contributed by atoms with Crippen molar-refractivity contribution in [1.29, 1.82) is 0 Å². The smallest absolute Gasteiger partial charge is 0.119 e. The molecule has 0 radical (unpaired) electrons. The minimum absolute atomic E-state index is 0.0665. The van der Waals surface area contributed by atoms with Gasteiger partial charge in [-0.15, -0.1) is 0 Å². The van der Waals surface area contributed by atoms with Gasteiger partial charge in [-0.05, 0) is 47.9 Å². The SMILES string of the molecule is COc1ccc(C(NN)c2ccc(Cl)cc2)c(C)c1. The standard InChI is InChI=1S/C15H17ClN2O/c1-10-9-13(19-2)7-8-14(10)15(18-17)11-3-5-12(16)6-4-11/h3-9,15,18H,17H2,1-2H3. The van der Waals surface area contributed by atoms with Crippen LogP contribution in [0.15, 0.2) is 42.5 Å². The Kier molecular flexibility index (Phi) is 4.43. The van der Waals surface area contributed by atoms with Gasteiger partial charge in [0.15, 0.2) is 0 Å². The van der Waals surface area contributed by atoms with Crippen LogP contribution in [-0.4, -0.2) is 7.11 Å². The Balaban J connectivity index is 2.39. The summed E-state index contributed by atoms with van der Waals surface area (Å²) in [7, 11) is 1.66. The minimum Gasteiger partial charge on any atom is -0.497 e. The van der Waals surface area contributed by atoms with E-state index >= 15 is 0 Å². The van der Waals surface area contributed by atoms with Crippen LogP contribution in [0.2, 0.25) is 5.02 Å². The summed E-state index contributed by atoms with van der Waals surface area (Å²) in [6.45, 7) is 2.04. The third kappa shape index (κ3) is 3.07.